The van der Waals surface area contributed by atoms with Crippen LogP contribution in [0, 0.1) is 29.1 Å². The summed E-state index contributed by atoms with van der Waals surface area (Å²) in [4.78, 5) is 0. The zero-order valence-electron chi connectivity index (χ0n) is 8.15. The fourth-order valence-electron chi connectivity index (χ4n) is 2.53. The van der Waals surface area contributed by atoms with Gasteiger partial charge < -0.3 is 0 Å². The summed E-state index contributed by atoms with van der Waals surface area (Å²) >= 11 is 5.95. The van der Waals surface area contributed by atoms with Crippen LogP contribution in [0.5, 0.6) is 0 Å². The first-order chi connectivity index (χ1) is 7.29. The third-order valence-electron chi connectivity index (χ3n) is 3.42. The highest BCUT2D eigenvalue weighted by atomic mass is 35.5. The lowest BCUT2D eigenvalue weighted by Crippen LogP contribution is -1.87. The Morgan fingerprint density at radius 2 is 2.27 bits per heavy atom. The van der Waals surface area contributed by atoms with Gasteiger partial charge in [0.05, 0.1) is 12.0 Å². The smallest absolute Gasteiger partial charge is 0.0665 e. The second-order valence-corrected chi connectivity index (χ2v) is 4.74. The molecule has 1 aromatic rings. The molecule has 2 aliphatic rings. The molecule has 0 amide bonds. The van der Waals surface area contributed by atoms with Crippen LogP contribution in [0.4, 0.5) is 0 Å². The molecule has 0 aromatic heterocycles. The number of rotatable bonds is 1. The van der Waals surface area contributed by atoms with Gasteiger partial charge in [-0.05, 0) is 41.5 Å². The predicted molar refractivity (Wildman–Crippen MR) is 60.1 cm³/mol. The maximum atomic E-state index is 8.81. The first kappa shape index (κ1) is 9.00. The highest BCUT2D eigenvalue weighted by Crippen LogP contribution is 2.57. The lowest BCUT2D eigenvalue weighted by Gasteiger charge is -2.04. The van der Waals surface area contributed by atoms with E-state index in [0.29, 0.717) is 11.8 Å². The Kier molecular flexibility index (Phi) is 1.87. The molecule has 2 aliphatic carbocycles. The average molecular weight is 216 g/mol. The van der Waals surface area contributed by atoms with Crippen molar-refractivity contribution in [3.63, 3.8) is 0 Å². The standard InChI is InChI=1S/C13H10ClN/c14-10-3-1-2-8(4-10)9-5-11-12(6-9)13(11)7-15/h1-5,11-13H,6H2. The van der Waals surface area contributed by atoms with Crippen LogP contribution >= 0.6 is 11.6 Å². The van der Waals surface area contributed by atoms with E-state index in [4.69, 9.17) is 16.9 Å². The van der Waals surface area contributed by atoms with Crippen LogP contribution in [-0.2, 0) is 0 Å². The van der Waals surface area contributed by atoms with Gasteiger partial charge in [-0.1, -0.05) is 29.8 Å². The van der Waals surface area contributed by atoms with Gasteiger partial charge in [0.1, 0.15) is 0 Å². The summed E-state index contributed by atoms with van der Waals surface area (Å²) in [5.74, 6) is 1.39. The fourth-order valence-corrected chi connectivity index (χ4v) is 2.72. The third-order valence-corrected chi connectivity index (χ3v) is 3.66. The molecule has 74 valence electrons. The summed E-state index contributed by atoms with van der Waals surface area (Å²) in [6.07, 6.45) is 3.30. The summed E-state index contributed by atoms with van der Waals surface area (Å²) < 4.78 is 0. The second-order valence-electron chi connectivity index (χ2n) is 4.30. The Hall–Kier alpha value is -1.26. The Bertz CT molecular complexity index is 484. The van der Waals surface area contributed by atoms with E-state index in [2.05, 4.69) is 18.2 Å². The van der Waals surface area contributed by atoms with Crippen molar-refractivity contribution in [3.05, 3.63) is 40.9 Å². The molecule has 3 rings (SSSR count). The molecule has 0 radical (unpaired) electrons. The third kappa shape index (κ3) is 1.37. The van der Waals surface area contributed by atoms with E-state index in [1.54, 1.807) is 0 Å². The van der Waals surface area contributed by atoms with Crippen LogP contribution in [0.3, 0.4) is 0 Å². The van der Waals surface area contributed by atoms with Crippen molar-refractivity contribution in [1.82, 2.24) is 0 Å². The van der Waals surface area contributed by atoms with Crippen LogP contribution in [-0.4, -0.2) is 0 Å². The molecule has 0 saturated heterocycles. The van der Waals surface area contributed by atoms with E-state index in [9.17, 15) is 0 Å². The van der Waals surface area contributed by atoms with Crippen LogP contribution < -0.4 is 0 Å². The molecule has 2 heteroatoms. The van der Waals surface area contributed by atoms with Gasteiger partial charge in [0, 0.05) is 5.02 Å². The van der Waals surface area contributed by atoms with E-state index in [1.807, 2.05) is 18.2 Å². The van der Waals surface area contributed by atoms with Gasteiger partial charge in [0.2, 0.25) is 0 Å². The maximum Gasteiger partial charge on any atom is 0.0665 e. The molecule has 1 aromatic carbocycles. The molecule has 0 bridgehead atoms. The molecule has 1 saturated carbocycles. The molecule has 0 aliphatic heterocycles. The van der Waals surface area contributed by atoms with Gasteiger partial charge in [-0.25, -0.2) is 0 Å². The first-order valence-electron chi connectivity index (χ1n) is 5.16. The molecule has 0 spiro atoms. The summed E-state index contributed by atoms with van der Waals surface area (Å²) in [7, 11) is 0. The molecular formula is C13H10ClN. The molecule has 3 unspecified atom stereocenters. The van der Waals surface area contributed by atoms with Crippen LogP contribution in [0.15, 0.2) is 30.3 Å². The first-order valence-corrected chi connectivity index (χ1v) is 5.53. The number of nitriles is 1. The number of allylic oxidation sites excluding steroid dienone is 2. The van der Waals surface area contributed by atoms with Crippen molar-refractivity contribution in [2.45, 2.75) is 6.42 Å². The van der Waals surface area contributed by atoms with Crippen LogP contribution in [0.25, 0.3) is 5.57 Å². The van der Waals surface area contributed by atoms with Gasteiger partial charge in [0.15, 0.2) is 0 Å². The van der Waals surface area contributed by atoms with E-state index in [-0.39, 0.29) is 5.92 Å². The monoisotopic (exact) mass is 215 g/mol. The molecule has 1 nitrogen and oxygen atoms in total. The number of nitrogens with zero attached hydrogens (tertiary/aromatic N) is 1. The lowest BCUT2D eigenvalue weighted by molar-refractivity contribution is 0.829. The van der Waals surface area contributed by atoms with E-state index < -0.39 is 0 Å². The summed E-state index contributed by atoms with van der Waals surface area (Å²) in [6.45, 7) is 0. The maximum absolute atomic E-state index is 8.81. The number of fused-ring (bicyclic) bond motifs is 1. The number of benzene rings is 1. The van der Waals surface area contributed by atoms with Gasteiger partial charge >= 0.3 is 0 Å². The summed E-state index contributed by atoms with van der Waals surface area (Å²) in [5.41, 5.74) is 2.57. The van der Waals surface area contributed by atoms with Crippen LogP contribution in [0.2, 0.25) is 5.02 Å². The van der Waals surface area contributed by atoms with Gasteiger partial charge in [-0.15, -0.1) is 0 Å². The van der Waals surface area contributed by atoms with E-state index in [0.717, 1.165) is 11.4 Å². The minimum absolute atomic E-state index is 0.285. The molecule has 3 atom stereocenters. The Balaban J connectivity index is 1.87. The molecule has 0 heterocycles. The number of hydrogen-bond acceptors (Lipinski definition) is 1. The SMILES string of the molecule is N#CC1C2C=C(c3cccc(Cl)c3)CC12. The molecule has 1 fully saturated rings. The highest BCUT2D eigenvalue weighted by molar-refractivity contribution is 6.30. The van der Waals surface area contributed by atoms with Crippen molar-refractivity contribution in [2.24, 2.45) is 17.8 Å². The van der Waals surface area contributed by atoms with Crippen molar-refractivity contribution in [1.29, 1.82) is 5.26 Å². The van der Waals surface area contributed by atoms with E-state index in [1.165, 1.54) is 11.1 Å². The van der Waals surface area contributed by atoms with Crippen molar-refractivity contribution in [2.75, 3.05) is 0 Å². The summed E-state index contributed by atoms with van der Waals surface area (Å²) in [5, 5.41) is 9.60. The van der Waals surface area contributed by atoms with Crippen LogP contribution in [0.1, 0.15) is 12.0 Å². The zero-order chi connectivity index (χ0) is 10.4. The molecular weight excluding hydrogens is 206 g/mol. The molecule has 15 heavy (non-hydrogen) atoms. The summed E-state index contributed by atoms with van der Waals surface area (Å²) in [6, 6.07) is 10.3. The Morgan fingerprint density at radius 3 is 2.87 bits per heavy atom. The minimum Gasteiger partial charge on any atom is -0.198 e. The Morgan fingerprint density at radius 1 is 1.40 bits per heavy atom. The topological polar surface area (TPSA) is 23.8 Å². The number of halogens is 1. The Labute approximate surface area is 94.0 Å². The highest BCUT2D eigenvalue weighted by Gasteiger charge is 2.52. The quantitative estimate of drug-likeness (QED) is 0.703. The van der Waals surface area contributed by atoms with Gasteiger partial charge in [-0.2, -0.15) is 5.26 Å². The van der Waals surface area contributed by atoms with Crippen molar-refractivity contribution >= 4 is 17.2 Å². The predicted octanol–water partition coefficient (Wildman–Crippen LogP) is 3.51. The second kappa shape index (κ2) is 3.12. The lowest BCUT2D eigenvalue weighted by atomic mass is 10.0. The minimum atomic E-state index is 0.285. The van der Waals surface area contributed by atoms with Crippen molar-refractivity contribution < 1.29 is 0 Å². The largest absolute Gasteiger partial charge is 0.198 e. The fraction of sp³-hybridized carbons (Fsp3) is 0.308. The number of hydrogen-bond donors (Lipinski definition) is 0. The van der Waals surface area contributed by atoms with Gasteiger partial charge in [-0.3, -0.25) is 0 Å². The van der Waals surface area contributed by atoms with E-state index >= 15 is 0 Å². The van der Waals surface area contributed by atoms with Crippen molar-refractivity contribution in [3.8, 4) is 6.07 Å². The normalized spacial score (nSPS) is 31.7. The average Bonchev–Trinajstić information content (AvgIpc) is 2.70. The molecule has 0 N–H and O–H groups in total. The zero-order valence-corrected chi connectivity index (χ0v) is 8.91. The van der Waals surface area contributed by atoms with Gasteiger partial charge in [0.25, 0.3) is 0 Å².